The smallest absolute Gasteiger partial charge is 0.242 e. The molecule has 0 aliphatic carbocycles. The Balaban J connectivity index is 3.04. The van der Waals surface area contributed by atoms with Crippen LogP contribution in [0.15, 0.2) is 17.2 Å². The summed E-state index contributed by atoms with van der Waals surface area (Å²) < 4.78 is 29.3. The SMILES string of the molecule is CCCn1cc(S(=O)(=O)NC(C)(C)CCC)cc1CO. The molecule has 0 radical (unpaired) electrons. The fourth-order valence-corrected chi connectivity index (χ4v) is 3.86. The molecule has 0 atom stereocenters. The van der Waals surface area contributed by atoms with E-state index in [9.17, 15) is 13.5 Å². The Morgan fingerprint density at radius 2 is 1.95 bits per heavy atom. The van der Waals surface area contributed by atoms with Crippen molar-refractivity contribution in [2.75, 3.05) is 0 Å². The fourth-order valence-electron chi connectivity index (χ4n) is 2.35. The van der Waals surface area contributed by atoms with Gasteiger partial charge in [-0.15, -0.1) is 0 Å². The normalized spacial score (nSPS) is 12.8. The Morgan fingerprint density at radius 3 is 2.45 bits per heavy atom. The quantitative estimate of drug-likeness (QED) is 0.773. The summed E-state index contributed by atoms with van der Waals surface area (Å²) in [5, 5.41) is 9.30. The van der Waals surface area contributed by atoms with E-state index in [0.717, 1.165) is 19.3 Å². The highest BCUT2D eigenvalue weighted by Gasteiger charge is 2.26. The van der Waals surface area contributed by atoms with Gasteiger partial charge in [-0.3, -0.25) is 0 Å². The summed E-state index contributed by atoms with van der Waals surface area (Å²) >= 11 is 0. The standard InChI is InChI=1S/C14H26N2O3S/c1-5-7-14(3,4)15-20(18,19)13-9-12(11-17)16(10-13)8-6-2/h9-10,15,17H,5-8,11H2,1-4H3. The summed E-state index contributed by atoms with van der Waals surface area (Å²) in [6.07, 6.45) is 4.17. The van der Waals surface area contributed by atoms with Gasteiger partial charge < -0.3 is 9.67 Å². The zero-order valence-corrected chi connectivity index (χ0v) is 13.6. The van der Waals surface area contributed by atoms with E-state index in [1.165, 1.54) is 0 Å². The molecule has 0 aromatic carbocycles. The third-order valence-electron chi connectivity index (χ3n) is 3.18. The summed E-state index contributed by atoms with van der Waals surface area (Å²) in [7, 11) is -3.55. The van der Waals surface area contributed by atoms with Gasteiger partial charge in [0.25, 0.3) is 0 Å². The number of hydrogen-bond donors (Lipinski definition) is 2. The van der Waals surface area contributed by atoms with Crippen molar-refractivity contribution in [3.05, 3.63) is 18.0 Å². The number of aryl methyl sites for hydroxylation is 1. The van der Waals surface area contributed by atoms with Crippen LogP contribution in [0.3, 0.4) is 0 Å². The van der Waals surface area contributed by atoms with Crippen LogP contribution in [-0.4, -0.2) is 23.6 Å². The molecule has 1 aromatic heterocycles. The molecule has 6 heteroatoms. The number of rotatable bonds is 8. The van der Waals surface area contributed by atoms with Crippen molar-refractivity contribution in [1.82, 2.24) is 9.29 Å². The van der Waals surface area contributed by atoms with Gasteiger partial charge in [0.2, 0.25) is 10.0 Å². The number of hydrogen-bond acceptors (Lipinski definition) is 3. The highest BCUT2D eigenvalue weighted by atomic mass is 32.2. The average Bonchev–Trinajstić information content (AvgIpc) is 2.72. The van der Waals surface area contributed by atoms with Crippen molar-refractivity contribution >= 4 is 10.0 Å². The first-order valence-corrected chi connectivity index (χ1v) is 8.58. The van der Waals surface area contributed by atoms with Crippen molar-refractivity contribution in [2.24, 2.45) is 0 Å². The fraction of sp³-hybridized carbons (Fsp3) is 0.714. The summed E-state index contributed by atoms with van der Waals surface area (Å²) in [5.41, 5.74) is 0.153. The lowest BCUT2D eigenvalue weighted by atomic mass is 10.0. The van der Waals surface area contributed by atoms with E-state index in [-0.39, 0.29) is 11.5 Å². The van der Waals surface area contributed by atoms with E-state index in [4.69, 9.17) is 0 Å². The van der Waals surface area contributed by atoms with Crippen LogP contribution in [0.4, 0.5) is 0 Å². The lowest BCUT2D eigenvalue weighted by Gasteiger charge is -2.25. The van der Waals surface area contributed by atoms with Gasteiger partial charge in [0, 0.05) is 24.0 Å². The van der Waals surface area contributed by atoms with E-state index in [1.807, 2.05) is 27.7 Å². The van der Waals surface area contributed by atoms with Crippen molar-refractivity contribution in [3.8, 4) is 0 Å². The van der Waals surface area contributed by atoms with E-state index < -0.39 is 15.6 Å². The molecule has 0 aliphatic heterocycles. The molecule has 1 heterocycles. The molecule has 0 spiro atoms. The molecule has 0 saturated heterocycles. The van der Waals surface area contributed by atoms with Crippen LogP contribution >= 0.6 is 0 Å². The second-order valence-electron chi connectivity index (χ2n) is 5.76. The predicted octanol–water partition coefficient (Wildman–Crippen LogP) is 2.25. The third kappa shape index (κ3) is 4.33. The van der Waals surface area contributed by atoms with Gasteiger partial charge in [-0.05, 0) is 32.8 Å². The van der Waals surface area contributed by atoms with Crippen LogP contribution in [0.1, 0.15) is 52.7 Å². The minimum atomic E-state index is -3.55. The number of aliphatic hydroxyl groups excluding tert-OH is 1. The maximum atomic E-state index is 12.4. The van der Waals surface area contributed by atoms with Crippen molar-refractivity contribution < 1.29 is 13.5 Å². The minimum absolute atomic E-state index is 0.159. The van der Waals surface area contributed by atoms with Gasteiger partial charge in [-0.2, -0.15) is 0 Å². The summed E-state index contributed by atoms with van der Waals surface area (Å²) in [6.45, 7) is 8.33. The lowest BCUT2D eigenvalue weighted by molar-refractivity contribution is 0.270. The first-order valence-electron chi connectivity index (χ1n) is 7.09. The molecule has 0 amide bonds. The molecular formula is C14H26N2O3S. The average molecular weight is 302 g/mol. The molecule has 2 N–H and O–H groups in total. The zero-order chi connectivity index (χ0) is 15.4. The molecule has 1 aromatic rings. The van der Waals surface area contributed by atoms with E-state index >= 15 is 0 Å². The molecule has 5 nitrogen and oxygen atoms in total. The van der Waals surface area contributed by atoms with Gasteiger partial charge in [-0.25, -0.2) is 13.1 Å². The minimum Gasteiger partial charge on any atom is -0.390 e. The molecule has 0 aliphatic rings. The van der Waals surface area contributed by atoms with Crippen LogP contribution in [0.5, 0.6) is 0 Å². The van der Waals surface area contributed by atoms with Crippen molar-refractivity contribution in [1.29, 1.82) is 0 Å². The number of aromatic nitrogens is 1. The molecule has 0 unspecified atom stereocenters. The number of nitrogens with one attached hydrogen (secondary N) is 1. The molecule has 0 bridgehead atoms. The number of nitrogens with zero attached hydrogens (tertiary/aromatic N) is 1. The molecule has 0 saturated carbocycles. The van der Waals surface area contributed by atoms with Crippen molar-refractivity contribution in [3.63, 3.8) is 0 Å². The topological polar surface area (TPSA) is 71.3 Å². The lowest BCUT2D eigenvalue weighted by Crippen LogP contribution is -2.43. The third-order valence-corrected chi connectivity index (χ3v) is 4.85. The van der Waals surface area contributed by atoms with Gasteiger partial charge in [-0.1, -0.05) is 20.3 Å². The predicted molar refractivity (Wildman–Crippen MR) is 80.0 cm³/mol. The molecule has 1 rings (SSSR count). The van der Waals surface area contributed by atoms with E-state index in [1.54, 1.807) is 16.8 Å². The largest absolute Gasteiger partial charge is 0.390 e. The molecule has 0 fully saturated rings. The van der Waals surface area contributed by atoms with Crippen LogP contribution in [0.25, 0.3) is 0 Å². The Morgan fingerprint density at radius 1 is 1.30 bits per heavy atom. The first kappa shape index (κ1) is 17.2. The van der Waals surface area contributed by atoms with Gasteiger partial charge in [0.05, 0.1) is 11.5 Å². The summed E-state index contributed by atoms with van der Waals surface area (Å²) in [6, 6.07) is 1.54. The van der Waals surface area contributed by atoms with Crippen molar-refractivity contribution in [2.45, 2.75) is 70.5 Å². The zero-order valence-electron chi connectivity index (χ0n) is 12.8. The second kappa shape index (κ2) is 6.74. The number of sulfonamides is 1. The maximum absolute atomic E-state index is 12.4. The molecule has 116 valence electrons. The summed E-state index contributed by atoms with van der Waals surface area (Å²) in [5.74, 6) is 0. The Hall–Kier alpha value is -0.850. The maximum Gasteiger partial charge on any atom is 0.242 e. The summed E-state index contributed by atoms with van der Waals surface area (Å²) in [4.78, 5) is 0.221. The van der Waals surface area contributed by atoms with Crippen LogP contribution < -0.4 is 4.72 Å². The monoisotopic (exact) mass is 302 g/mol. The molecule has 20 heavy (non-hydrogen) atoms. The van der Waals surface area contributed by atoms with Crippen LogP contribution in [0.2, 0.25) is 0 Å². The Kier molecular flexibility index (Phi) is 5.79. The van der Waals surface area contributed by atoms with E-state index in [2.05, 4.69) is 4.72 Å². The van der Waals surface area contributed by atoms with Gasteiger partial charge in [0.1, 0.15) is 0 Å². The van der Waals surface area contributed by atoms with Crippen LogP contribution in [0, 0.1) is 0 Å². The number of aliphatic hydroxyl groups is 1. The Labute approximate surface area is 122 Å². The van der Waals surface area contributed by atoms with E-state index in [0.29, 0.717) is 12.2 Å². The highest BCUT2D eigenvalue weighted by molar-refractivity contribution is 7.89. The second-order valence-corrected chi connectivity index (χ2v) is 7.44. The highest BCUT2D eigenvalue weighted by Crippen LogP contribution is 2.19. The van der Waals surface area contributed by atoms with Gasteiger partial charge in [0.15, 0.2) is 0 Å². The first-order chi connectivity index (χ1) is 9.25. The van der Waals surface area contributed by atoms with Crippen LogP contribution in [-0.2, 0) is 23.2 Å². The Bertz CT molecular complexity index is 533. The van der Waals surface area contributed by atoms with Gasteiger partial charge >= 0.3 is 0 Å². The molecular weight excluding hydrogens is 276 g/mol.